The topological polar surface area (TPSA) is 40.1 Å². The third-order valence-corrected chi connectivity index (χ3v) is 4.41. The molecule has 0 fully saturated rings. The molecule has 1 atom stereocenters. The van der Waals surface area contributed by atoms with Gasteiger partial charge in [0.25, 0.3) is 0 Å². The molecule has 2 aromatic rings. The van der Waals surface area contributed by atoms with Crippen LogP contribution in [0.15, 0.2) is 35.2 Å². The highest BCUT2D eigenvalue weighted by atomic mass is 35.5. The van der Waals surface area contributed by atoms with Gasteiger partial charge in [0.1, 0.15) is 0 Å². The van der Waals surface area contributed by atoms with E-state index in [1.165, 1.54) is 30.3 Å². The lowest BCUT2D eigenvalue weighted by molar-refractivity contribution is 0.537. The molecule has 0 radical (unpaired) electrons. The Balaban J connectivity index is 2.74. The Kier molecular flexibility index (Phi) is 4.77. The molecule has 0 N–H and O–H groups in total. The molecule has 0 aliphatic heterocycles. The summed E-state index contributed by atoms with van der Waals surface area (Å²) in [4.78, 5) is 0.0877. The van der Waals surface area contributed by atoms with Gasteiger partial charge < -0.3 is 4.55 Å². The van der Waals surface area contributed by atoms with Gasteiger partial charge in [-0.3, -0.25) is 4.21 Å². The van der Waals surface area contributed by atoms with Gasteiger partial charge >= 0.3 is 0 Å². The number of benzene rings is 2. The highest BCUT2D eigenvalue weighted by Crippen LogP contribution is 2.38. The van der Waals surface area contributed by atoms with Crippen LogP contribution in [-0.2, 0) is 11.1 Å². The van der Waals surface area contributed by atoms with Crippen molar-refractivity contribution in [1.29, 1.82) is 0 Å². The second kappa shape index (κ2) is 6.00. The smallest absolute Gasteiger partial charge is 0.0607 e. The van der Waals surface area contributed by atoms with Gasteiger partial charge in [0.05, 0.1) is 15.1 Å². The molecule has 0 aliphatic rings. The van der Waals surface area contributed by atoms with Crippen molar-refractivity contribution in [2.24, 2.45) is 0 Å². The van der Waals surface area contributed by atoms with Crippen LogP contribution in [0, 0.1) is 0 Å². The standard InChI is InChI=1S/C12H6Cl4O2S/c13-6-1-2-12(19(17)18)8(3-6)7-4-10(15)11(16)5-9(7)14/h1-5H,(H,17,18)/p-1. The first-order chi connectivity index (χ1) is 8.90. The van der Waals surface area contributed by atoms with Gasteiger partial charge in [-0.2, -0.15) is 0 Å². The van der Waals surface area contributed by atoms with E-state index in [1.807, 2.05) is 0 Å². The summed E-state index contributed by atoms with van der Waals surface area (Å²) in [5, 5.41) is 1.26. The van der Waals surface area contributed by atoms with Crippen LogP contribution in [0.2, 0.25) is 20.1 Å². The molecule has 0 saturated carbocycles. The summed E-state index contributed by atoms with van der Waals surface area (Å²) in [5.41, 5.74) is 0.835. The monoisotopic (exact) mass is 353 g/mol. The van der Waals surface area contributed by atoms with E-state index in [1.54, 1.807) is 0 Å². The lowest BCUT2D eigenvalue weighted by Crippen LogP contribution is -1.94. The molecule has 7 heteroatoms. The number of halogens is 4. The maximum Gasteiger partial charge on any atom is 0.0607 e. The van der Waals surface area contributed by atoms with Gasteiger partial charge in [-0.1, -0.05) is 46.4 Å². The summed E-state index contributed by atoms with van der Waals surface area (Å²) in [7, 11) is 0. The highest BCUT2D eigenvalue weighted by molar-refractivity contribution is 7.79. The van der Waals surface area contributed by atoms with E-state index in [2.05, 4.69) is 0 Å². The Bertz CT molecular complexity index is 673. The fraction of sp³-hybridized carbons (Fsp3) is 0. The zero-order valence-electron chi connectivity index (χ0n) is 9.12. The van der Waals surface area contributed by atoms with Gasteiger partial charge in [-0.15, -0.1) is 0 Å². The lowest BCUT2D eigenvalue weighted by atomic mass is 10.1. The van der Waals surface area contributed by atoms with Crippen LogP contribution < -0.4 is 0 Å². The first-order valence-corrected chi connectivity index (χ1v) is 7.52. The van der Waals surface area contributed by atoms with E-state index in [-0.39, 0.29) is 9.92 Å². The van der Waals surface area contributed by atoms with Crippen LogP contribution in [0.25, 0.3) is 11.1 Å². The molecule has 19 heavy (non-hydrogen) atoms. The summed E-state index contributed by atoms with van der Waals surface area (Å²) in [5.74, 6) is 0. The predicted molar refractivity (Wildman–Crippen MR) is 79.1 cm³/mol. The Morgan fingerprint density at radius 3 is 2.11 bits per heavy atom. The Morgan fingerprint density at radius 1 is 0.842 bits per heavy atom. The molecule has 0 amide bonds. The minimum Gasteiger partial charge on any atom is -0.768 e. The van der Waals surface area contributed by atoms with Crippen molar-refractivity contribution in [2.75, 3.05) is 0 Å². The maximum absolute atomic E-state index is 11.2. The minimum atomic E-state index is -2.41. The van der Waals surface area contributed by atoms with Crippen molar-refractivity contribution in [3.63, 3.8) is 0 Å². The highest BCUT2D eigenvalue weighted by Gasteiger charge is 2.13. The number of rotatable bonds is 2. The van der Waals surface area contributed by atoms with Crippen molar-refractivity contribution < 1.29 is 8.76 Å². The largest absolute Gasteiger partial charge is 0.768 e. The van der Waals surface area contributed by atoms with E-state index >= 15 is 0 Å². The molecule has 0 aliphatic carbocycles. The van der Waals surface area contributed by atoms with E-state index < -0.39 is 11.1 Å². The third kappa shape index (κ3) is 3.24. The van der Waals surface area contributed by atoms with Crippen molar-refractivity contribution in [3.05, 3.63) is 50.4 Å². The second-order valence-corrected chi connectivity index (χ2v) is 6.19. The third-order valence-electron chi connectivity index (χ3n) is 2.42. The fourth-order valence-electron chi connectivity index (χ4n) is 1.59. The van der Waals surface area contributed by atoms with Crippen molar-refractivity contribution in [2.45, 2.75) is 4.90 Å². The van der Waals surface area contributed by atoms with Crippen molar-refractivity contribution in [3.8, 4) is 11.1 Å². The Morgan fingerprint density at radius 2 is 1.47 bits per heavy atom. The quantitative estimate of drug-likeness (QED) is 0.548. The van der Waals surface area contributed by atoms with Crippen LogP contribution in [0.1, 0.15) is 0 Å². The molecule has 2 aromatic carbocycles. The van der Waals surface area contributed by atoms with Crippen molar-refractivity contribution >= 4 is 57.5 Å². The van der Waals surface area contributed by atoms with Gasteiger partial charge in [-0.25, -0.2) is 0 Å². The molecular weight excluding hydrogens is 350 g/mol. The summed E-state index contributed by atoms with van der Waals surface area (Å²) in [6.07, 6.45) is 0. The second-order valence-electron chi connectivity index (χ2n) is 3.62. The molecular formula is C12H5Cl4O2S-. The van der Waals surface area contributed by atoms with Gasteiger partial charge in [-0.05, 0) is 47.0 Å². The van der Waals surface area contributed by atoms with Gasteiger partial charge in [0.2, 0.25) is 0 Å². The van der Waals surface area contributed by atoms with E-state index in [0.29, 0.717) is 26.2 Å². The lowest BCUT2D eigenvalue weighted by Gasteiger charge is -2.14. The summed E-state index contributed by atoms with van der Waals surface area (Å²) < 4.78 is 22.4. The normalized spacial score (nSPS) is 12.5. The molecule has 0 saturated heterocycles. The SMILES string of the molecule is O=S([O-])c1ccc(Cl)cc1-c1cc(Cl)c(Cl)cc1Cl. The average Bonchev–Trinajstić information content (AvgIpc) is 2.33. The molecule has 1 unspecified atom stereocenters. The van der Waals surface area contributed by atoms with Crippen LogP contribution >= 0.6 is 46.4 Å². The van der Waals surface area contributed by atoms with Crippen LogP contribution in [-0.4, -0.2) is 8.76 Å². The molecule has 2 nitrogen and oxygen atoms in total. The zero-order valence-corrected chi connectivity index (χ0v) is 13.0. The molecule has 0 heterocycles. The van der Waals surface area contributed by atoms with Gasteiger partial charge in [0.15, 0.2) is 0 Å². The van der Waals surface area contributed by atoms with Crippen molar-refractivity contribution in [1.82, 2.24) is 0 Å². The van der Waals surface area contributed by atoms with E-state index in [4.69, 9.17) is 46.4 Å². The number of hydrogen-bond acceptors (Lipinski definition) is 2. The zero-order chi connectivity index (χ0) is 14.2. The first kappa shape index (κ1) is 15.1. The first-order valence-electron chi connectivity index (χ1n) is 4.94. The predicted octanol–water partition coefficient (Wildman–Crippen LogP) is 5.21. The fourth-order valence-corrected chi connectivity index (χ4v) is 2.94. The summed E-state index contributed by atoms with van der Waals surface area (Å²) >= 11 is 21.3. The molecule has 100 valence electrons. The maximum atomic E-state index is 11.2. The van der Waals surface area contributed by atoms with Crippen LogP contribution in [0.5, 0.6) is 0 Å². The van der Waals surface area contributed by atoms with Crippen LogP contribution in [0.3, 0.4) is 0 Å². The minimum absolute atomic E-state index is 0.0877. The Labute approximate surface area is 132 Å². The summed E-state index contributed by atoms with van der Waals surface area (Å²) in [6, 6.07) is 7.37. The van der Waals surface area contributed by atoms with E-state index in [9.17, 15) is 8.76 Å². The van der Waals surface area contributed by atoms with Gasteiger partial charge in [0, 0.05) is 15.5 Å². The summed E-state index contributed by atoms with van der Waals surface area (Å²) in [6.45, 7) is 0. The van der Waals surface area contributed by atoms with Crippen LogP contribution in [0.4, 0.5) is 0 Å². The molecule has 0 spiro atoms. The molecule has 0 aromatic heterocycles. The average molecular weight is 355 g/mol. The number of hydrogen-bond donors (Lipinski definition) is 0. The Hall–Kier alpha value is -0.290. The van der Waals surface area contributed by atoms with E-state index in [0.717, 1.165) is 0 Å². The molecule has 0 bridgehead atoms. The molecule has 2 rings (SSSR count).